The first-order chi connectivity index (χ1) is 22.2. The summed E-state index contributed by atoms with van der Waals surface area (Å²) in [5.74, 6) is 0. The van der Waals surface area contributed by atoms with Crippen LogP contribution in [0, 0.1) is 0 Å². The third-order valence-electron chi connectivity index (χ3n) is 8.91. The van der Waals surface area contributed by atoms with Crippen LogP contribution in [0.2, 0.25) is 0 Å². The number of benzene rings is 4. The molecule has 0 fully saturated rings. The van der Waals surface area contributed by atoms with Crippen LogP contribution in [0.15, 0.2) is 128 Å². The van der Waals surface area contributed by atoms with Crippen molar-refractivity contribution in [3.05, 3.63) is 136 Å². The molecule has 0 spiro atoms. The van der Waals surface area contributed by atoms with E-state index in [1.165, 1.54) is 5.56 Å². The molecule has 0 N–H and O–H groups in total. The highest BCUT2D eigenvalue weighted by molar-refractivity contribution is 6.07. The van der Waals surface area contributed by atoms with Gasteiger partial charge in [-0.1, -0.05) is 87.5 Å². The van der Waals surface area contributed by atoms with Crippen LogP contribution < -0.4 is 11.3 Å². The fraction of sp³-hybridized carbons (Fsp3) is 0.125. The molecule has 8 rings (SSSR count). The Kier molecular flexibility index (Phi) is 6.12. The Morgan fingerprint density at radius 2 is 1.33 bits per heavy atom. The van der Waals surface area contributed by atoms with Crippen molar-refractivity contribution in [2.45, 2.75) is 26.2 Å². The standard InChI is InChI=1S/C40H30N2O4/c1-40(2,3)26-15-16-27-24(20-26)14-19-36-29(27)22-30(38(43)45-36)32-10-7-11-33(41-32)35-18-17-34(42(35)4)31-21-25-13-12-23-8-5-6-9-28(23)37(25)46-39(31)44/h5-22H,1-4H3. The molecule has 4 heterocycles. The van der Waals surface area contributed by atoms with Crippen molar-refractivity contribution >= 4 is 43.5 Å². The number of pyridine rings is 1. The van der Waals surface area contributed by atoms with Gasteiger partial charge in [-0.3, -0.25) is 0 Å². The zero-order chi connectivity index (χ0) is 31.7. The maximum atomic E-state index is 13.3. The molecule has 0 amide bonds. The van der Waals surface area contributed by atoms with Gasteiger partial charge in [0.1, 0.15) is 11.2 Å². The van der Waals surface area contributed by atoms with Crippen molar-refractivity contribution in [1.82, 2.24) is 9.55 Å². The van der Waals surface area contributed by atoms with Gasteiger partial charge in [-0.05, 0) is 69.6 Å². The molecule has 4 aromatic carbocycles. The summed E-state index contributed by atoms with van der Waals surface area (Å²) in [5.41, 5.74) is 5.04. The predicted octanol–water partition coefficient (Wildman–Crippen LogP) is 9.24. The minimum Gasteiger partial charge on any atom is -0.422 e. The van der Waals surface area contributed by atoms with E-state index in [1.54, 1.807) is 0 Å². The van der Waals surface area contributed by atoms with Crippen molar-refractivity contribution in [1.29, 1.82) is 0 Å². The fourth-order valence-corrected chi connectivity index (χ4v) is 6.37. The maximum Gasteiger partial charge on any atom is 0.345 e. The van der Waals surface area contributed by atoms with Gasteiger partial charge in [-0.25, -0.2) is 14.6 Å². The number of hydrogen-bond acceptors (Lipinski definition) is 5. The third kappa shape index (κ3) is 4.45. The van der Waals surface area contributed by atoms with Crippen molar-refractivity contribution < 1.29 is 8.83 Å². The summed E-state index contributed by atoms with van der Waals surface area (Å²) in [6.07, 6.45) is 0. The molecule has 6 heteroatoms. The fourth-order valence-electron chi connectivity index (χ4n) is 6.37. The lowest BCUT2D eigenvalue weighted by Crippen LogP contribution is -2.10. The zero-order valence-electron chi connectivity index (χ0n) is 25.9. The van der Waals surface area contributed by atoms with Crippen LogP contribution in [0.3, 0.4) is 0 Å². The molecular weight excluding hydrogens is 572 g/mol. The highest BCUT2D eigenvalue weighted by Gasteiger charge is 2.18. The number of nitrogens with zero attached hydrogens (tertiary/aromatic N) is 2. The van der Waals surface area contributed by atoms with Gasteiger partial charge in [-0.15, -0.1) is 0 Å². The molecule has 8 aromatic rings. The minimum atomic E-state index is -0.448. The predicted molar refractivity (Wildman–Crippen MR) is 185 cm³/mol. The molecule has 6 nitrogen and oxygen atoms in total. The molecule has 0 unspecified atom stereocenters. The SMILES string of the molecule is Cn1c(-c2cccc(-c3cc4c(ccc5cc(C(C)(C)C)ccc54)oc3=O)n2)ccc1-c1cc2ccc3ccccc3c2oc1=O. The van der Waals surface area contributed by atoms with Gasteiger partial charge in [0.2, 0.25) is 0 Å². The monoisotopic (exact) mass is 602 g/mol. The van der Waals surface area contributed by atoms with Crippen LogP contribution in [-0.4, -0.2) is 9.55 Å². The van der Waals surface area contributed by atoms with Gasteiger partial charge in [0.15, 0.2) is 0 Å². The summed E-state index contributed by atoms with van der Waals surface area (Å²) >= 11 is 0. The van der Waals surface area contributed by atoms with Gasteiger partial charge in [0, 0.05) is 23.2 Å². The lowest BCUT2D eigenvalue weighted by atomic mass is 9.85. The average Bonchev–Trinajstić information content (AvgIpc) is 3.44. The second-order valence-corrected chi connectivity index (χ2v) is 12.8. The van der Waals surface area contributed by atoms with Crippen LogP contribution in [0.4, 0.5) is 0 Å². The van der Waals surface area contributed by atoms with Gasteiger partial charge in [0.25, 0.3) is 0 Å². The normalized spacial score (nSPS) is 12.1. The Labute approximate surface area is 264 Å². The molecule has 46 heavy (non-hydrogen) atoms. The van der Waals surface area contributed by atoms with Gasteiger partial charge < -0.3 is 13.4 Å². The highest BCUT2D eigenvalue weighted by atomic mass is 16.4. The van der Waals surface area contributed by atoms with E-state index >= 15 is 0 Å². The van der Waals surface area contributed by atoms with Crippen LogP contribution >= 0.6 is 0 Å². The zero-order valence-corrected chi connectivity index (χ0v) is 25.9. The summed E-state index contributed by atoms with van der Waals surface area (Å²) in [4.78, 5) is 31.4. The van der Waals surface area contributed by atoms with Gasteiger partial charge >= 0.3 is 11.3 Å². The van der Waals surface area contributed by atoms with E-state index in [2.05, 4.69) is 39.0 Å². The largest absolute Gasteiger partial charge is 0.422 e. The highest BCUT2D eigenvalue weighted by Crippen LogP contribution is 2.33. The second kappa shape index (κ2) is 10.1. The lowest BCUT2D eigenvalue weighted by Gasteiger charge is -2.19. The molecule has 224 valence electrons. The summed E-state index contributed by atoms with van der Waals surface area (Å²) in [7, 11) is 1.89. The Bertz CT molecular complexity index is 2630. The number of aromatic nitrogens is 2. The van der Waals surface area contributed by atoms with E-state index in [0.29, 0.717) is 39.4 Å². The molecule has 0 aliphatic heterocycles. The van der Waals surface area contributed by atoms with Crippen LogP contribution in [-0.2, 0) is 12.5 Å². The molecule has 0 aliphatic rings. The Balaban J connectivity index is 1.21. The molecule has 0 saturated heterocycles. The molecule has 0 bridgehead atoms. The summed E-state index contributed by atoms with van der Waals surface area (Å²) in [6, 6.07) is 35.3. The van der Waals surface area contributed by atoms with Crippen molar-refractivity contribution in [2.24, 2.45) is 7.05 Å². The van der Waals surface area contributed by atoms with E-state index in [4.69, 9.17) is 13.8 Å². The maximum absolute atomic E-state index is 13.3. The molecule has 0 saturated carbocycles. The van der Waals surface area contributed by atoms with Crippen LogP contribution in [0.1, 0.15) is 26.3 Å². The van der Waals surface area contributed by atoms with E-state index in [1.807, 2.05) is 103 Å². The van der Waals surface area contributed by atoms with Crippen LogP contribution in [0.5, 0.6) is 0 Å². The van der Waals surface area contributed by atoms with E-state index in [9.17, 15) is 9.59 Å². The first kappa shape index (κ1) is 27.8. The van der Waals surface area contributed by atoms with E-state index < -0.39 is 11.3 Å². The van der Waals surface area contributed by atoms with Gasteiger partial charge in [0.05, 0.1) is 33.9 Å². The Hall–Kier alpha value is -5.75. The van der Waals surface area contributed by atoms with Crippen molar-refractivity contribution in [3.63, 3.8) is 0 Å². The van der Waals surface area contributed by atoms with Crippen molar-refractivity contribution in [3.8, 4) is 33.9 Å². The smallest absolute Gasteiger partial charge is 0.345 e. The summed E-state index contributed by atoms with van der Waals surface area (Å²) < 4.78 is 13.6. The second-order valence-electron chi connectivity index (χ2n) is 12.8. The van der Waals surface area contributed by atoms with Crippen LogP contribution in [0.25, 0.3) is 77.4 Å². The first-order valence-corrected chi connectivity index (χ1v) is 15.3. The topological polar surface area (TPSA) is 78.2 Å². The average molecular weight is 603 g/mol. The number of fused-ring (bicyclic) bond motifs is 6. The molecular formula is C40H30N2O4. The summed E-state index contributed by atoms with van der Waals surface area (Å²) in [5, 5.41) is 5.72. The Morgan fingerprint density at radius 1 is 0.587 bits per heavy atom. The molecule has 0 aliphatic carbocycles. The van der Waals surface area contributed by atoms with Gasteiger partial charge in [-0.2, -0.15) is 0 Å². The number of rotatable bonds is 3. The van der Waals surface area contributed by atoms with Crippen molar-refractivity contribution in [2.75, 3.05) is 0 Å². The van der Waals surface area contributed by atoms with E-state index in [-0.39, 0.29) is 5.41 Å². The van der Waals surface area contributed by atoms with E-state index in [0.717, 1.165) is 38.0 Å². The summed E-state index contributed by atoms with van der Waals surface area (Å²) in [6.45, 7) is 6.58. The quantitative estimate of drug-likeness (QED) is 0.149. The lowest BCUT2D eigenvalue weighted by molar-refractivity contribution is 0.563. The Morgan fingerprint density at radius 3 is 2.17 bits per heavy atom. The number of hydrogen-bond donors (Lipinski definition) is 0. The third-order valence-corrected chi connectivity index (χ3v) is 8.91. The molecule has 0 radical (unpaired) electrons. The first-order valence-electron chi connectivity index (χ1n) is 15.3. The molecule has 4 aromatic heterocycles. The minimum absolute atomic E-state index is 0.0198. The molecule has 0 atom stereocenters.